The predicted octanol–water partition coefficient (Wildman–Crippen LogP) is 8.11. The molecule has 1 N–H and O–H groups in total. The highest BCUT2D eigenvalue weighted by Crippen LogP contribution is 2.36. The topological polar surface area (TPSA) is 71.5 Å². The van der Waals surface area contributed by atoms with E-state index in [0.29, 0.717) is 27.5 Å². The lowest BCUT2D eigenvalue weighted by Crippen LogP contribution is -2.43. The first-order chi connectivity index (χ1) is 20.1. The lowest BCUT2D eigenvalue weighted by atomic mass is 9.92. The van der Waals surface area contributed by atoms with E-state index < -0.39 is 52.5 Å². The molecule has 6 nitrogen and oxygen atoms in total. The molecule has 1 atom stereocenters. The highest BCUT2D eigenvalue weighted by atomic mass is 79.9. The van der Waals surface area contributed by atoms with Crippen molar-refractivity contribution in [3.8, 4) is 0 Å². The van der Waals surface area contributed by atoms with Crippen LogP contribution in [0.25, 0.3) is 10.9 Å². The van der Waals surface area contributed by atoms with Crippen LogP contribution >= 0.6 is 27.5 Å². The van der Waals surface area contributed by atoms with Crippen LogP contribution < -0.4 is 10.2 Å². The van der Waals surface area contributed by atoms with Gasteiger partial charge < -0.3 is 15.0 Å². The lowest BCUT2D eigenvalue weighted by Gasteiger charge is -2.34. The lowest BCUT2D eigenvalue weighted by molar-refractivity contribution is -0.155. The van der Waals surface area contributed by atoms with Crippen LogP contribution in [0.4, 0.5) is 23.4 Å². The number of amides is 1. The first-order valence-corrected chi connectivity index (χ1v) is 15.1. The minimum atomic E-state index is -2.89. The zero-order valence-electron chi connectivity index (χ0n) is 24.3. The van der Waals surface area contributed by atoms with Crippen molar-refractivity contribution in [1.29, 1.82) is 0 Å². The molecule has 1 unspecified atom stereocenters. The summed E-state index contributed by atoms with van der Waals surface area (Å²) in [5.41, 5.74) is 0.143. The summed E-state index contributed by atoms with van der Waals surface area (Å²) in [6, 6.07) is 6.98. The first-order valence-electron chi connectivity index (χ1n) is 13.9. The minimum Gasteiger partial charge on any atom is -0.460 e. The molecule has 12 heteroatoms. The number of esters is 1. The molecule has 0 spiro atoms. The molecule has 1 aliphatic rings. The minimum absolute atomic E-state index is 0.00498. The van der Waals surface area contributed by atoms with Crippen LogP contribution in [0, 0.1) is 18.6 Å². The SMILES string of the molecule is Cc1c(N2CCCC(F)(F)C2)nc2ccc(Br)cc2c1C(=O)NCC(CCC(=O)OC(C)(C)C)c1c(F)ccc(F)c1Cl. The predicted molar refractivity (Wildman–Crippen MR) is 162 cm³/mol. The maximum absolute atomic E-state index is 15.0. The van der Waals surface area contributed by atoms with Crippen molar-refractivity contribution in [3.63, 3.8) is 0 Å². The van der Waals surface area contributed by atoms with Crippen LogP contribution in [-0.2, 0) is 9.53 Å². The summed E-state index contributed by atoms with van der Waals surface area (Å²) in [6.07, 6.45) is -0.0831. The number of aromatic nitrogens is 1. The number of hydrogen-bond donors (Lipinski definition) is 1. The Bertz CT molecular complexity index is 1550. The number of nitrogens with zero attached hydrogens (tertiary/aromatic N) is 2. The van der Waals surface area contributed by atoms with Crippen molar-refractivity contribution < 1.29 is 31.9 Å². The van der Waals surface area contributed by atoms with E-state index in [0.717, 1.165) is 12.1 Å². The maximum Gasteiger partial charge on any atom is 0.306 e. The van der Waals surface area contributed by atoms with Crippen LogP contribution in [0.5, 0.6) is 0 Å². The summed E-state index contributed by atoms with van der Waals surface area (Å²) in [4.78, 5) is 32.4. The van der Waals surface area contributed by atoms with Gasteiger partial charge in [-0.3, -0.25) is 9.59 Å². The van der Waals surface area contributed by atoms with Gasteiger partial charge in [-0.05, 0) is 70.9 Å². The Labute approximate surface area is 261 Å². The molecule has 43 heavy (non-hydrogen) atoms. The standard InChI is InChI=1S/C31H33BrClF4N3O3/c1-17-25(20-14-19(32)7-10-23(20)39-28(17)40-13-5-12-31(36,37)16-40)29(42)38-15-18(6-11-24(41)43-30(2,3)4)26-21(34)8-9-22(35)27(26)33/h7-10,14,18H,5-6,11-13,15-16H2,1-4H3,(H,38,42). The normalized spacial score (nSPS) is 15.8. The summed E-state index contributed by atoms with van der Waals surface area (Å²) in [5, 5.41) is 2.84. The van der Waals surface area contributed by atoms with Crippen molar-refractivity contribution in [3.05, 3.63) is 68.2 Å². The van der Waals surface area contributed by atoms with Gasteiger partial charge in [0, 0.05) is 52.8 Å². The Morgan fingerprint density at radius 1 is 1.19 bits per heavy atom. The van der Waals surface area contributed by atoms with Gasteiger partial charge in [-0.15, -0.1) is 0 Å². The third-order valence-electron chi connectivity index (χ3n) is 7.20. The number of pyridine rings is 1. The number of hydrogen-bond acceptors (Lipinski definition) is 5. The van der Waals surface area contributed by atoms with Crippen LogP contribution in [0.3, 0.4) is 0 Å². The average molecular weight is 687 g/mol. The average Bonchev–Trinajstić information content (AvgIpc) is 2.90. The van der Waals surface area contributed by atoms with E-state index in [4.69, 9.17) is 16.3 Å². The Morgan fingerprint density at radius 2 is 1.88 bits per heavy atom. The summed E-state index contributed by atoms with van der Waals surface area (Å²) in [6.45, 7) is 6.42. The summed E-state index contributed by atoms with van der Waals surface area (Å²) >= 11 is 9.59. The molecule has 1 saturated heterocycles. The van der Waals surface area contributed by atoms with E-state index in [2.05, 4.69) is 26.2 Å². The number of anilines is 1. The third kappa shape index (κ3) is 7.98. The number of fused-ring (bicyclic) bond motifs is 1. The molecule has 4 rings (SSSR count). The van der Waals surface area contributed by atoms with Gasteiger partial charge in [0.05, 0.1) is 22.6 Å². The molecule has 1 aliphatic heterocycles. The first kappa shape index (κ1) is 33.0. The molecular formula is C31H33BrClF4N3O3. The van der Waals surface area contributed by atoms with E-state index in [1.807, 2.05) is 0 Å². The number of halogens is 6. The number of ether oxygens (including phenoxy) is 1. The number of piperidine rings is 1. The Hall–Kier alpha value is -2.92. The van der Waals surface area contributed by atoms with Crippen LogP contribution in [-0.4, -0.2) is 48.0 Å². The van der Waals surface area contributed by atoms with Crippen LogP contribution in [0.15, 0.2) is 34.8 Å². The second-order valence-electron chi connectivity index (χ2n) is 11.8. The molecule has 1 fully saturated rings. The fourth-order valence-electron chi connectivity index (χ4n) is 5.32. The zero-order chi connectivity index (χ0) is 31.7. The smallest absolute Gasteiger partial charge is 0.306 e. The van der Waals surface area contributed by atoms with Crippen molar-refractivity contribution in [1.82, 2.24) is 10.3 Å². The Balaban J connectivity index is 1.69. The van der Waals surface area contributed by atoms with Gasteiger partial charge in [-0.1, -0.05) is 27.5 Å². The Kier molecular flexibility index (Phi) is 9.95. The van der Waals surface area contributed by atoms with Crippen molar-refractivity contribution >= 4 is 56.1 Å². The van der Waals surface area contributed by atoms with Crippen molar-refractivity contribution in [2.24, 2.45) is 0 Å². The largest absolute Gasteiger partial charge is 0.460 e. The molecule has 1 aromatic heterocycles. The van der Waals surface area contributed by atoms with Gasteiger partial charge in [0.15, 0.2) is 0 Å². The molecule has 1 amide bonds. The van der Waals surface area contributed by atoms with Gasteiger partial charge in [0.25, 0.3) is 11.8 Å². The summed E-state index contributed by atoms with van der Waals surface area (Å²) in [5.74, 6) is -6.23. The second kappa shape index (κ2) is 13.0. The fourth-order valence-corrected chi connectivity index (χ4v) is 5.99. The molecule has 2 aromatic carbocycles. The molecule has 2 heterocycles. The highest BCUT2D eigenvalue weighted by molar-refractivity contribution is 9.10. The van der Waals surface area contributed by atoms with Crippen molar-refractivity contribution in [2.45, 2.75) is 70.8 Å². The van der Waals surface area contributed by atoms with E-state index in [1.165, 1.54) is 4.90 Å². The number of carbonyl (C=O) groups is 2. The molecule has 0 saturated carbocycles. The molecule has 0 aliphatic carbocycles. The molecule has 0 bridgehead atoms. The molecule has 3 aromatic rings. The number of rotatable bonds is 8. The van der Waals surface area contributed by atoms with Crippen molar-refractivity contribution in [2.75, 3.05) is 24.5 Å². The highest BCUT2D eigenvalue weighted by Gasteiger charge is 2.37. The van der Waals surface area contributed by atoms with E-state index in [1.54, 1.807) is 45.9 Å². The maximum atomic E-state index is 15.0. The van der Waals surface area contributed by atoms with E-state index in [9.17, 15) is 22.8 Å². The Morgan fingerprint density at radius 3 is 2.56 bits per heavy atom. The van der Waals surface area contributed by atoms with Crippen LogP contribution in [0.2, 0.25) is 5.02 Å². The number of carbonyl (C=O) groups excluding carboxylic acids is 2. The van der Waals surface area contributed by atoms with Gasteiger partial charge >= 0.3 is 5.97 Å². The van der Waals surface area contributed by atoms with Gasteiger partial charge in [-0.25, -0.2) is 22.5 Å². The quantitative estimate of drug-likeness (QED) is 0.147. The van der Waals surface area contributed by atoms with Crippen LogP contribution in [0.1, 0.15) is 73.9 Å². The monoisotopic (exact) mass is 685 g/mol. The zero-order valence-corrected chi connectivity index (χ0v) is 26.6. The number of nitrogens with one attached hydrogen (secondary N) is 1. The second-order valence-corrected chi connectivity index (χ2v) is 13.1. The molecular weight excluding hydrogens is 654 g/mol. The summed E-state index contributed by atoms with van der Waals surface area (Å²) < 4.78 is 64.1. The number of benzene rings is 2. The molecule has 232 valence electrons. The van der Waals surface area contributed by atoms with Gasteiger partial charge in [0.2, 0.25) is 0 Å². The third-order valence-corrected chi connectivity index (χ3v) is 8.08. The summed E-state index contributed by atoms with van der Waals surface area (Å²) in [7, 11) is 0. The fraction of sp³-hybridized carbons (Fsp3) is 0.452. The number of alkyl halides is 2. The van der Waals surface area contributed by atoms with E-state index >= 15 is 4.39 Å². The van der Waals surface area contributed by atoms with E-state index in [-0.39, 0.29) is 49.2 Å². The van der Waals surface area contributed by atoms with Gasteiger partial charge in [0.1, 0.15) is 23.1 Å². The molecule has 0 radical (unpaired) electrons. The van der Waals surface area contributed by atoms with Gasteiger partial charge in [-0.2, -0.15) is 0 Å².